The lowest BCUT2D eigenvalue weighted by molar-refractivity contribution is -0.137. The van der Waals surface area contributed by atoms with Gasteiger partial charge in [-0.05, 0) is 61.1 Å². The number of nitrogens with zero attached hydrogens (tertiary/aromatic N) is 3. The van der Waals surface area contributed by atoms with Gasteiger partial charge in [-0.3, -0.25) is 0 Å². The second kappa shape index (κ2) is 15.1. The second-order valence-electron chi connectivity index (χ2n) is 10.6. The molecule has 0 radical (unpaired) electrons. The maximum atomic E-state index is 13.2. The minimum absolute atomic E-state index is 0.121. The molecule has 1 aromatic heterocycles. The van der Waals surface area contributed by atoms with Crippen LogP contribution in [0.4, 0.5) is 13.2 Å². The Labute approximate surface area is 225 Å². The van der Waals surface area contributed by atoms with Gasteiger partial charge in [-0.25, -0.2) is 0 Å². The van der Waals surface area contributed by atoms with Gasteiger partial charge >= 0.3 is 6.18 Å². The SMILES string of the molecule is CCCCCCCCCc1cc(CCCCCCCCC)c(O)c(-n2nc3ccc(C(F)(F)F)cc3n2)c1. The van der Waals surface area contributed by atoms with Crippen molar-refractivity contribution in [3.63, 3.8) is 0 Å². The van der Waals surface area contributed by atoms with Crippen LogP contribution in [-0.4, -0.2) is 20.1 Å². The monoisotopic (exact) mass is 531 g/mol. The lowest BCUT2D eigenvalue weighted by Crippen LogP contribution is -2.04. The fourth-order valence-corrected chi connectivity index (χ4v) is 4.99. The Hall–Kier alpha value is -2.57. The van der Waals surface area contributed by atoms with Crippen LogP contribution >= 0.6 is 0 Å². The Balaban J connectivity index is 1.77. The van der Waals surface area contributed by atoms with Crippen molar-refractivity contribution in [2.24, 2.45) is 0 Å². The molecule has 1 heterocycles. The first-order valence-corrected chi connectivity index (χ1v) is 14.6. The molecule has 0 aliphatic carbocycles. The number of hydrogen-bond donors (Lipinski definition) is 1. The molecule has 1 N–H and O–H groups in total. The molecular weight excluding hydrogens is 487 g/mol. The summed E-state index contributed by atoms with van der Waals surface area (Å²) in [6.45, 7) is 4.44. The number of fused-ring (bicyclic) bond motifs is 1. The van der Waals surface area contributed by atoms with Crippen molar-refractivity contribution in [2.45, 2.75) is 123 Å². The third-order valence-electron chi connectivity index (χ3n) is 7.27. The maximum absolute atomic E-state index is 13.2. The number of aromatic hydroxyl groups is 1. The molecular formula is C31H44F3N3O. The molecule has 7 heteroatoms. The quantitative estimate of drug-likeness (QED) is 0.176. The summed E-state index contributed by atoms with van der Waals surface area (Å²) < 4.78 is 39.6. The van der Waals surface area contributed by atoms with Gasteiger partial charge in [0, 0.05) is 0 Å². The molecule has 2 aromatic carbocycles. The Kier molecular flexibility index (Phi) is 11.9. The van der Waals surface area contributed by atoms with E-state index >= 15 is 0 Å². The third kappa shape index (κ3) is 9.02. The molecule has 0 saturated carbocycles. The number of rotatable bonds is 17. The summed E-state index contributed by atoms with van der Waals surface area (Å²) in [5.41, 5.74) is 2.18. The molecule has 0 aliphatic heterocycles. The van der Waals surface area contributed by atoms with Crippen molar-refractivity contribution in [3.05, 3.63) is 47.0 Å². The number of benzene rings is 2. The molecule has 0 saturated heterocycles. The van der Waals surface area contributed by atoms with Crippen molar-refractivity contribution in [1.82, 2.24) is 15.0 Å². The van der Waals surface area contributed by atoms with Gasteiger partial charge in [0.1, 0.15) is 22.5 Å². The van der Waals surface area contributed by atoms with Crippen molar-refractivity contribution in [1.29, 1.82) is 0 Å². The van der Waals surface area contributed by atoms with Crippen molar-refractivity contribution in [2.75, 3.05) is 0 Å². The summed E-state index contributed by atoms with van der Waals surface area (Å²) in [4.78, 5) is 1.29. The predicted octanol–water partition coefficient (Wildman–Crippen LogP) is 9.73. The van der Waals surface area contributed by atoms with Crippen LogP contribution in [0.3, 0.4) is 0 Å². The minimum Gasteiger partial charge on any atom is -0.505 e. The van der Waals surface area contributed by atoms with Gasteiger partial charge in [-0.2, -0.15) is 13.2 Å². The number of unbranched alkanes of at least 4 members (excludes halogenated alkanes) is 12. The van der Waals surface area contributed by atoms with E-state index in [0.717, 1.165) is 61.8 Å². The van der Waals surface area contributed by atoms with E-state index in [4.69, 9.17) is 0 Å². The van der Waals surface area contributed by atoms with Crippen LogP contribution in [0.25, 0.3) is 16.7 Å². The predicted molar refractivity (Wildman–Crippen MR) is 149 cm³/mol. The summed E-state index contributed by atoms with van der Waals surface area (Å²) in [5, 5.41) is 19.9. The van der Waals surface area contributed by atoms with E-state index in [0.29, 0.717) is 11.2 Å². The fourth-order valence-electron chi connectivity index (χ4n) is 4.99. The Morgan fingerprint density at radius 3 is 1.84 bits per heavy atom. The van der Waals surface area contributed by atoms with Crippen LogP contribution in [0.5, 0.6) is 5.75 Å². The van der Waals surface area contributed by atoms with Gasteiger partial charge in [0.2, 0.25) is 0 Å². The van der Waals surface area contributed by atoms with Gasteiger partial charge < -0.3 is 5.11 Å². The lowest BCUT2D eigenvalue weighted by Gasteiger charge is -2.13. The molecule has 0 bridgehead atoms. The van der Waals surface area contributed by atoms with Gasteiger partial charge in [0.25, 0.3) is 0 Å². The fraction of sp³-hybridized carbons (Fsp3) is 0.613. The van der Waals surface area contributed by atoms with Crippen LogP contribution in [0, 0.1) is 0 Å². The van der Waals surface area contributed by atoms with Gasteiger partial charge in [-0.15, -0.1) is 15.0 Å². The molecule has 3 rings (SSSR count). The van der Waals surface area contributed by atoms with Gasteiger partial charge in [0.05, 0.1) is 5.56 Å². The number of phenolic OH excluding ortho intramolecular Hbond substituents is 1. The Morgan fingerprint density at radius 1 is 0.684 bits per heavy atom. The molecule has 0 spiro atoms. The highest BCUT2D eigenvalue weighted by Crippen LogP contribution is 2.33. The molecule has 0 aliphatic rings. The molecule has 210 valence electrons. The average molecular weight is 532 g/mol. The second-order valence-corrected chi connectivity index (χ2v) is 10.6. The van der Waals surface area contributed by atoms with E-state index in [2.05, 4.69) is 30.1 Å². The normalized spacial score (nSPS) is 12.0. The zero-order valence-corrected chi connectivity index (χ0v) is 23.1. The van der Waals surface area contributed by atoms with E-state index in [1.54, 1.807) is 0 Å². The lowest BCUT2D eigenvalue weighted by atomic mass is 9.98. The van der Waals surface area contributed by atoms with Crippen LogP contribution in [-0.2, 0) is 19.0 Å². The van der Waals surface area contributed by atoms with Gasteiger partial charge in [0.15, 0.2) is 0 Å². The number of aryl methyl sites for hydroxylation is 2. The summed E-state index contributed by atoms with van der Waals surface area (Å²) in [6.07, 6.45) is 14.1. The molecule has 4 nitrogen and oxygen atoms in total. The van der Waals surface area contributed by atoms with E-state index < -0.39 is 11.7 Å². The molecule has 38 heavy (non-hydrogen) atoms. The average Bonchev–Trinajstić information content (AvgIpc) is 3.32. The molecule has 0 fully saturated rings. The highest BCUT2D eigenvalue weighted by Gasteiger charge is 2.31. The van der Waals surface area contributed by atoms with Crippen LogP contribution in [0.1, 0.15) is 120 Å². The van der Waals surface area contributed by atoms with Crippen LogP contribution in [0.15, 0.2) is 30.3 Å². The Bertz CT molecular complexity index is 1120. The van der Waals surface area contributed by atoms with E-state index in [-0.39, 0.29) is 11.3 Å². The van der Waals surface area contributed by atoms with Crippen molar-refractivity contribution >= 4 is 11.0 Å². The number of alkyl halides is 3. The van der Waals surface area contributed by atoms with Crippen LogP contribution < -0.4 is 0 Å². The summed E-state index contributed by atoms with van der Waals surface area (Å²) in [7, 11) is 0. The largest absolute Gasteiger partial charge is 0.505 e. The maximum Gasteiger partial charge on any atom is 0.416 e. The highest BCUT2D eigenvalue weighted by atomic mass is 19.4. The topological polar surface area (TPSA) is 50.9 Å². The summed E-state index contributed by atoms with van der Waals surface area (Å²) in [6, 6.07) is 7.35. The molecule has 0 amide bonds. The van der Waals surface area contributed by atoms with Gasteiger partial charge in [-0.1, -0.05) is 97.0 Å². The summed E-state index contributed by atoms with van der Waals surface area (Å²) >= 11 is 0. The number of phenols is 1. The van der Waals surface area contributed by atoms with Crippen LogP contribution in [0.2, 0.25) is 0 Å². The van der Waals surface area contributed by atoms with E-state index in [9.17, 15) is 18.3 Å². The number of hydrogen-bond acceptors (Lipinski definition) is 3. The first kappa shape index (κ1) is 30.0. The summed E-state index contributed by atoms with van der Waals surface area (Å²) in [5.74, 6) is 0.121. The number of aromatic nitrogens is 3. The minimum atomic E-state index is -4.44. The zero-order chi connectivity index (χ0) is 27.4. The third-order valence-corrected chi connectivity index (χ3v) is 7.27. The van der Waals surface area contributed by atoms with E-state index in [1.807, 2.05) is 6.07 Å². The van der Waals surface area contributed by atoms with Crippen molar-refractivity contribution < 1.29 is 18.3 Å². The van der Waals surface area contributed by atoms with E-state index in [1.165, 1.54) is 75.1 Å². The molecule has 0 unspecified atom stereocenters. The van der Waals surface area contributed by atoms with Crippen molar-refractivity contribution in [3.8, 4) is 11.4 Å². The Morgan fingerprint density at radius 2 is 1.24 bits per heavy atom. The standard InChI is InChI=1S/C31H44F3N3O/c1-3-5-7-9-11-13-15-17-24-21-25(18-16-14-12-10-8-6-4-2)30(38)29(22-24)37-35-27-20-19-26(31(32,33)34)23-28(27)36-37/h19-23,38H,3-18H2,1-2H3. The smallest absolute Gasteiger partial charge is 0.416 e. The number of halogens is 3. The highest BCUT2D eigenvalue weighted by molar-refractivity contribution is 5.75. The molecule has 0 atom stereocenters. The molecule has 3 aromatic rings. The first-order chi connectivity index (χ1) is 18.3. The zero-order valence-electron chi connectivity index (χ0n) is 23.1. The first-order valence-electron chi connectivity index (χ1n) is 14.6.